The summed E-state index contributed by atoms with van der Waals surface area (Å²) >= 11 is 0. The fourth-order valence-electron chi connectivity index (χ4n) is 1.76. The van der Waals surface area contributed by atoms with Crippen LogP contribution in [-0.4, -0.2) is 8.42 Å². The number of hydrogen-bond donors (Lipinski definition) is 1. The molecule has 0 atom stereocenters. The Morgan fingerprint density at radius 2 is 1.86 bits per heavy atom. The molecule has 0 amide bonds. The average molecular weight is 313 g/mol. The van der Waals surface area contributed by atoms with Gasteiger partial charge in [0.25, 0.3) is 0 Å². The Morgan fingerprint density at radius 3 is 2.43 bits per heavy atom. The number of aryl methyl sites for hydroxylation is 1. The molecule has 0 spiro atoms. The number of hydrogen-bond acceptors (Lipinski definition) is 3. The number of rotatable bonds is 4. The van der Waals surface area contributed by atoms with E-state index in [2.05, 4.69) is 0 Å². The minimum atomic E-state index is -3.78. The van der Waals surface area contributed by atoms with E-state index in [0.29, 0.717) is 11.3 Å². The van der Waals surface area contributed by atoms with Crippen molar-refractivity contribution in [3.8, 4) is 5.75 Å². The predicted octanol–water partition coefficient (Wildman–Crippen LogP) is 2.50. The van der Waals surface area contributed by atoms with Gasteiger partial charge in [-0.05, 0) is 42.8 Å². The molecule has 2 aromatic carbocycles. The SMILES string of the molecule is Cc1cc(S(N)(=O)=O)ccc1OCc1ccc(F)cc1F. The standard InChI is InChI=1S/C14H13F2NO3S/c1-9-6-12(21(17,18)19)4-5-14(9)20-8-10-2-3-11(15)7-13(10)16/h2-7H,8H2,1H3,(H2,17,18,19). The highest BCUT2D eigenvalue weighted by molar-refractivity contribution is 7.89. The Morgan fingerprint density at radius 1 is 1.14 bits per heavy atom. The van der Waals surface area contributed by atoms with E-state index in [0.717, 1.165) is 12.1 Å². The third-order valence-corrected chi connectivity index (χ3v) is 3.78. The molecule has 0 saturated carbocycles. The first-order valence-corrected chi connectivity index (χ1v) is 7.52. The maximum Gasteiger partial charge on any atom is 0.238 e. The van der Waals surface area contributed by atoms with Crippen LogP contribution in [0.4, 0.5) is 8.78 Å². The van der Waals surface area contributed by atoms with Gasteiger partial charge in [0.15, 0.2) is 0 Å². The Kier molecular flexibility index (Phi) is 4.24. The second-order valence-corrected chi connectivity index (χ2v) is 6.06. The van der Waals surface area contributed by atoms with E-state index in [1.807, 2.05) is 0 Å². The van der Waals surface area contributed by atoms with E-state index < -0.39 is 21.7 Å². The number of nitrogens with two attached hydrogens (primary N) is 1. The summed E-state index contributed by atoms with van der Waals surface area (Å²) < 4.78 is 54.1. The van der Waals surface area contributed by atoms with Gasteiger partial charge in [-0.25, -0.2) is 22.3 Å². The quantitative estimate of drug-likeness (QED) is 0.943. The molecule has 2 rings (SSSR count). The third kappa shape index (κ3) is 3.77. The Labute approximate surface area is 121 Å². The lowest BCUT2D eigenvalue weighted by molar-refractivity contribution is 0.297. The third-order valence-electron chi connectivity index (χ3n) is 2.87. The summed E-state index contributed by atoms with van der Waals surface area (Å²) in [5, 5.41) is 5.02. The van der Waals surface area contributed by atoms with Gasteiger partial charge in [-0.2, -0.15) is 0 Å². The zero-order valence-corrected chi connectivity index (χ0v) is 12.0. The maximum atomic E-state index is 13.5. The first kappa shape index (κ1) is 15.4. The van der Waals surface area contributed by atoms with Gasteiger partial charge >= 0.3 is 0 Å². The van der Waals surface area contributed by atoms with Crippen LogP contribution in [0.25, 0.3) is 0 Å². The molecule has 0 heterocycles. The first-order chi connectivity index (χ1) is 9.77. The van der Waals surface area contributed by atoms with Gasteiger partial charge in [0.1, 0.15) is 24.0 Å². The van der Waals surface area contributed by atoms with Crippen molar-refractivity contribution in [2.24, 2.45) is 5.14 Å². The lowest BCUT2D eigenvalue weighted by atomic mass is 10.2. The topological polar surface area (TPSA) is 69.4 Å². The van der Waals surface area contributed by atoms with Crippen LogP contribution in [0.3, 0.4) is 0 Å². The predicted molar refractivity (Wildman–Crippen MR) is 73.2 cm³/mol. The highest BCUT2D eigenvalue weighted by atomic mass is 32.2. The van der Waals surface area contributed by atoms with Gasteiger partial charge < -0.3 is 4.74 Å². The van der Waals surface area contributed by atoms with Crippen LogP contribution >= 0.6 is 0 Å². The van der Waals surface area contributed by atoms with E-state index in [9.17, 15) is 17.2 Å². The summed E-state index contributed by atoms with van der Waals surface area (Å²) in [6, 6.07) is 7.31. The molecule has 0 unspecified atom stereocenters. The number of ether oxygens (including phenoxy) is 1. The van der Waals surface area contributed by atoms with Gasteiger partial charge in [0, 0.05) is 11.6 Å². The molecule has 0 bridgehead atoms. The molecular weight excluding hydrogens is 300 g/mol. The van der Waals surface area contributed by atoms with Crippen LogP contribution in [0.1, 0.15) is 11.1 Å². The molecule has 0 aromatic heterocycles. The van der Waals surface area contributed by atoms with Crippen LogP contribution in [0, 0.1) is 18.6 Å². The van der Waals surface area contributed by atoms with Crippen LogP contribution in [0.15, 0.2) is 41.3 Å². The van der Waals surface area contributed by atoms with Gasteiger partial charge in [-0.3, -0.25) is 0 Å². The molecule has 0 aliphatic rings. The number of sulfonamides is 1. The molecule has 2 aromatic rings. The lowest BCUT2D eigenvalue weighted by Gasteiger charge is -2.10. The van der Waals surface area contributed by atoms with E-state index in [1.54, 1.807) is 6.92 Å². The number of halogens is 2. The summed E-state index contributed by atoms with van der Waals surface area (Å²) in [5.41, 5.74) is 0.746. The largest absolute Gasteiger partial charge is 0.489 e. The molecule has 0 aliphatic heterocycles. The van der Waals surface area contributed by atoms with E-state index in [1.165, 1.54) is 24.3 Å². The second kappa shape index (κ2) is 5.79. The van der Waals surface area contributed by atoms with E-state index >= 15 is 0 Å². The molecule has 0 aliphatic carbocycles. The molecule has 4 nitrogen and oxygen atoms in total. The first-order valence-electron chi connectivity index (χ1n) is 5.97. The molecule has 21 heavy (non-hydrogen) atoms. The summed E-state index contributed by atoms with van der Waals surface area (Å²) in [6.45, 7) is 1.55. The van der Waals surface area contributed by atoms with Crippen molar-refractivity contribution < 1.29 is 21.9 Å². The van der Waals surface area contributed by atoms with Gasteiger partial charge in [-0.1, -0.05) is 0 Å². The van der Waals surface area contributed by atoms with Gasteiger partial charge in [0.2, 0.25) is 10.0 Å². The summed E-state index contributed by atoms with van der Waals surface area (Å²) in [7, 11) is -3.78. The number of primary sulfonamides is 1. The van der Waals surface area contributed by atoms with Crippen molar-refractivity contribution in [2.45, 2.75) is 18.4 Å². The smallest absolute Gasteiger partial charge is 0.238 e. The highest BCUT2D eigenvalue weighted by Gasteiger charge is 2.11. The fraction of sp³-hybridized carbons (Fsp3) is 0.143. The molecule has 0 saturated heterocycles. The van der Waals surface area contributed by atoms with E-state index in [4.69, 9.17) is 9.88 Å². The monoisotopic (exact) mass is 313 g/mol. The molecule has 0 radical (unpaired) electrons. The molecule has 7 heteroatoms. The normalized spacial score (nSPS) is 11.4. The van der Waals surface area contributed by atoms with Gasteiger partial charge in [-0.15, -0.1) is 0 Å². The van der Waals surface area contributed by atoms with Crippen LogP contribution in [0.5, 0.6) is 5.75 Å². The maximum absolute atomic E-state index is 13.5. The zero-order chi connectivity index (χ0) is 15.6. The second-order valence-electron chi connectivity index (χ2n) is 4.50. The van der Waals surface area contributed by atoms with Crippen LogP contribution < -0.4 is 9.88 Å². The summed E-state index contributed by atoms with van der Waals surface area (Å²) in [4.78, 5) is -0.0275. The average Bonchev–Trinajstić information content (AvgIpc) is 2.38. The van der Waals surface area contributed by atoms with E-state index in [-0.39, 0.29) is 17.1 Å². The zero-order valence-electron chi connectivity index (χ0n) is 11.1. The van der Waals surface area contributed by atoms with Crippen molar-refractivity contribution in [2.75, 3.05) is 0 Å². The molecular formula is C14H13F2NO3S. The molecule has 0 fully saturated rings. The van der Waals surface area contributed by atoms with Crippen molar-refractivity contribution in [3.05, 3.63) is 59.2 Å². The summed E-state index contributed by atoms with van der Waals surface area (Å²) in [5.74, 6) is -0.968. The minimum absolute atomic E-state index is 0.0275. The van der Waals surface area contributed by atoms with Crippen molar-refractivity contribution >= 4 is 10.0 Å². The Hall–Kier alpha value is -1.99. The fourth-order valence-corrected chi connectivity index (χ4v) is 2.35. The van der Waals surface area contributed by atoms with Crippen molar-refractivity contribution in [1.29, 1.82) is 0 Å². The Bertz CT molecular complexity index is 776. The number of benzene rings is 2. The van der Waals surface area contributed by atoms with Crippen molar-refractivity contribution in [1.82, 2.24) is 0 Å². The van der Waals surface area contributed by atoms with Crippen LogP contribution in [-0.2, 0) is 16.6 Å². The summed E-state index contributed by atoms with van der Waals surface area (Å²) in [6.07, 6.45) is 0. The minimum Gasteiger partial charge on any atom is -0.489 e. The highest BCUT2D eigenvalue weighted by Crippen LogP contribution is 2.22. The van der Waals surface area contributed by atoms with Gasteiger partial charge in [0.05, 0.1) is 4.90 Å². The lowest BCUT2D eigenvalue weighted by Crippen LogP contribution is -2.12. The molecule has 112 valence electrons. The van der Waals surface area contributed by atoms with Crippen molar-refractivity contribution in [3.63, 3.8) is 0 Å². The molecule has 2 N–H and O–H groups in total. The van der Waals surface area contributed by atoms with Crippen LogP contribution in [0.2, 0.25) is 0 Å². The Balaban J connectivity index is 2.17.